The minimum Gasteiger partial charge on any atom is -0.271 e. The minimum atomic E-state index is -0.611. The Morgan fingerprint density at radius 1 is 0.571 bits per heavy atom. The van der Waals surface area contributed by atoms with Gasteiger partial charge in [0.05, 0.1) is 0 Å². The van der Waals surface area contributed by atoms with E-state index in [9.17, 15) is 0 Å². The molecule has 1 unspecified atom stereocenters. The molecule has 0 fully saturated rings. The maximum Gasteiger partial charge on any atom is 0.0230 e. The van der Waals surface area contributed by atoms with E-state index in [4.69, 9.17) is 4.78 Å². The van der Waals surface area contributed by atoms with Gasteiger partial charge in [0.1, 0.15) is 0 Å². The van der Waals surface area contributed by atoms with Gasteiger partial charge in [-0.05, 0) is 59.2 Å². The first-order valence-electron chi connectivity index (χ1n) is 6.66. The van der Waals surface area contributed by atoms with E-state index in [1.165, 1.54) is 9.79 Å². The molecule has 0 heterocycles. The van der Waals surface area contributed by atoms with E-state index in [1.54, 1.807) is 11.8 Å². The molecule has 104 valence electrons. The normalized spacial score (nSPS) is 12.0. The Morgan fingerprint density at radius 3 is 1.67 bits per heavy atom. The molecular weight excluding hydrogens is 294 g/mol. The Bertz CT molecular complexity index is 722. The second-order valence-corrected chi connectivity index (χ2v) is 7.21. The monoisotopic (exact) mass is 309 g/mol. The maximum absolute atomic E-state index is 8.37. The Morgan fingerprint density at radius 2 is 1.05 bits per heavy atom. The summed E-state index contributed by atoms with van der Waals surface area (Å²) in [4.78, 5) is 4.55. The fraction of sp³-hybridized carbons (Fsp3) is 0. The largest absolute Gasteiger partial charge is 0.271 e. The smallest absolute Gasteiger partial charge is 0.0230 e. The van der Waals surface area contributed by atoms with Crippen LogP contribution in [0, 0.1) is 4.78 Å². The van der Waals surface area contributed by atoms with Crippen LogP contribution >= 0.6 is 11.8 Å². The summed E-state index contributed by atoms with van der Waals surface area (Å²) in [5.74, 6) is 0. The van der Waals surface area contributed by atoms with Gasteiger partial charge in [-0.25, -0.2) is 0 Å². The molecular formula is C18H15NS2. The van der Waals surface area contributed by atoms with Crippen LogP contribution in [0.3, 0.4) is 0 Å². The van der Waals surface area contributed by atoms with Gasteiger partial charge in [0.15, 0.2) is 0 Å². The van der Waals surface area contributed by atoms with Gasteiger partial charge < -0.3 is 0 Å². The molecule has 0 saturated carbocycles. The molecule has 21 heavy (non-hydrogen) atoms. The molecule has 0 bridgehead atoms. The van der Waals surface area contributed by atoms with Gasteiger partial charge in [-0.2, -0.15) is 0 Å². The van der Waals surface area contributed by atoms with Gasteiger partial charge in [0, 0.05) is 19.6 Å². The zero-order valence-electron chi connectivity index (χ0n) is 11.4. The fourth-order valence-corrected chi connectivity index (χ4v) is 3.91. The summed E-state index contributed by atoms with van der Waals surface area (Å²) in [6.45, 7) is 0. The molecule has 3 rings (SSSR count). The van der Waals surface area contributed by atoms with Gasteiger partial charge in [-0.15, -0.1) is 0 Å². The predicted molar refractivity (Wildman–Crippen MR) is 90.1 cm³/mol. The van der Waals surface area contributed by atoms with Crippen molar-refractivity contribution in [3.63, 3.8) is 0 Å². The molecule has 0 aliphatic carbocycles. The lowest BCUT2D eigenvalue weighted by Crippen LogP contribution is -1.90. The number of rotatable bonds is 4. The molecule has 0 amide bonds. The molecule has 0 aliphatic rings. The molecule has 0 aromatic heterocycles. The van der Waals surface area contributed by atoms with Crippen LogP contribution in [0.25, 0.3) is 0 Å². The first-order chi connectivity index (χ1) is 10.3. The van der Waals surface area contributed by atoms with E-state index in [0.29, 0.717) is 0 Å². The Hall–Kier alpha value is -1.84. The van der Waals surface area contributed by atoms with Crippen molar-refractivity contribution in [3.05, 3.63) is 84.9 Å². The molecule has 3 aromatic rings. The van der Waals surface area contributed by atoms with Gasteiger partial charge in [-0.3, -0.25) is 4.78 Å². The number of benzene rings is 3. The van der Waals surface area contributed by atoms with Crippen LogP contribution in [0.1, 0.15) is 0 Å². The summed E-state index contributed by atoms with van der Waals surface area (Å²) in [5.41, 5.74) is 0. The zero-order valence-corrected chi connectivity index (χ0v) is 13.0. The van der Waals surface area contributed by atoms with E-state index in [2.05, 4.69) is 36.4 Å². The summed E-state index contributed by atoms with van der Waals surface area (Å²) in [6, 6.07) is 28.7. The lowest BCUT2D eigenvalue weighted by Gasteiger charge is -2.07. The number of nitrogens with one attached hydrogen (secondary N) is 1. The van der Waals surface area contributed by atoms with E-state index in [0.717, 1.165) is 9.79 Å². The lowest BCUT2D eigenvalue weighted by atomic mass is 10.4. The van der Waals surface area contributed by atoms with Gasteiger partial charge >= 0.3 is 0 Å². The number of hydrogen-bond donors (Lipinski definition) is 1. The summed E-state index contributed by atoms with van der Waals surface area (Å²) in [6.07, 6.45) is 0. The highest BCUT2D eigenvalue weighted by molar-refractivity contribution is 7.99. The van der Waals surface area contributed by atoms with E-state index >= 15 is 0 Å². The summed E-state index contributed by atoms with van der Waals surface area (Å²) >= 11 is 1.75. The molecule has 1 nitrogen and oxygen atoms in total. The van der Waals surface area contributed by atoms with Crippen molar-refractivity contribution in [2.45, 2.75) is 19.6 Å². The molecule has 3 aromatic carbocycles. The molecule has 0 saturated heterocycles. The third-order valence-electron chi connectivity index (χ3n) is 3.02. The Balaban J connectivity index is 1.77. The third kappa shape index (κ3) is 3.63. The highest BCUT2D eigenvalue weighted by Gasteiger charge is 2.03. The van der Waals surface area contributed by atoms with Crippen molar-refractivity contribution in [2.24, 2.45) is 0 Å². The SMILES string of the molecule is N=S(c1ccccc1)c1ccc(Sc2ccccc2)cc1. The molecule has 1 N–H and O–H groups in total. The molecule has 0 aliphatic heterocycles. The average molecular weight is 309 g/mol. The van der Waals surface area contributed by atoms with Crippen LogP contribution in [-0.2, 0) is 10.7 Å². The predicted octanol–water partition coefficient (Wildman–Crippen LogP) is 5.64. The lowest BCUT2D eigenvalue weighted by molar-refractivity contribution is 1.31. The Kier molecular flexibility index (Phi) is 4.53. The molecule has 1 atom stereocenters. The van der Waals surface area contributed by atoms with Crippen LogP contribution in [0.15, 0.2) is 105 Å². The first kappa shape index (κ1) is 14.1. The van der Waals surface area contributed by atoms with E-state index < -0.39 is 10.7 Å². The van der Waals surface area contributed by atoms with Crippen LogP contribution in [0.5, 0.6) is 0 Å². The van der Waals surface area contributed by atoms with Gasteiger partial charge in [0.25, 0.3) is 0 Å². The van der Waals surface area contributed by atoms with Crippen LogP contribution < -0.4 is 0 Å². The van der Waals surface area contributed by atoms with Crippen molar-refractivity contribution in [2.75, 3.05) is 0 Å². The summed E-state index contributed by atoms with van der Waals surface area (Å²) in [7, 11) is -0.611. The fourth-order valence-electron chi connectivity index (χ4n) is 1.96. The van der Waals surface area contributed by atoms with Crippen molar-refractivity contribution in [3.8, 4) is 0 Å². The topological polar surface area (TPSA) is 23.9 Å². The van der Waals surface area contributed by atoms with Crippen molar-refractivity contribution < 1.29 is 0 Å². The number of hydrogen-bond acceptors (Lipinski definition) is 2. The summed E-state index contributed by atoms with van der Waals surface area (Å²) in [5, 5.41) is 0. The zero-order chi connectivity index (χ0) is 14.5. The Labute approximate surface area is 131 Å². The van der Waals surface area contributed by atoms with Crippen LogP contribution in [0.4, 0.5) is 0 Å². The standard InChI is InChI=1S/C18H15NS2/c19-21(17-9-5-2-6-10-17)18-13-11-16(12-14-18)20-15-7-3-1-4-8-15/h1-14,19H. The van der Waals surface area contributed by atoms with Crippen LogP contribution in [-0.4, -0.2) is 0 Å². The summed E-state index contributed by atoms with van der Waals surface area (Å²) < 4.78 is 8.37. The van der Waals surface area contributed by atoms with E-state index in [-0.39, 0.29) is 0 Å². The highest BCUT2D eigenvalue weighted by atomic mass is 32.2. The molecule has 3 heteroatoms. The van der Waals surface area contributed by atoms with Crippen molar-refractivity contribution in [1.82, 2.24) is 0 Å². The highest BCUT2D eigenvalue weighted by Crippen LogP contribution is 2.28. The molecule has 0 spiro atoms. The van der Waals surface area contributed by atoms with Gasteiger partial charge in [0.2, 0.25) is 0 Å². The van der Waals surface area contributed by atoms with E-state index in [1.807, 2.05) is 48.5 Å². The minimum absolute atomic E-state index is 0.611. The first-order valence-corrected chi connectivity index (χ1v) is 8.70. The second-order valence-electron chi connectivity index (χ2n) is 4.51. The average Bonchev–Trinajstić information content (AvgIpc) is 2.57. The maximum atomic E-state index is 8.37. The second kappa shape index (κ2) is 6.74. The van der Waals surface area contributed by atoms with Crippen molar-refractivity contribution >= 4 is 22.5 Å². The quantitative estimate of drug-likeness (QED) is 0.663. The van der Waals surface area contributed by atoms with Crippen LogP contribution in [0.2, 0.25) is 0 Å². The molecule has 0 radical (unpaired) electrons. The third-order valence-corrected chi connectivity index (χ3v) is 5.52. The van der Waals surface area contributed by atoms with Gasteiger partial charge in [-0.1, -0.05) is 48.2 Å². The van der Waals surface area contributed by atoms with Crippen molar-refractivity contribution in [1.29, 1.82) is 4.78 Å².